The number of allylic oxidation sites excluding steroid dienone is 1. The van der Waals surface area contributed by atoms with Gasteiger partial charge in [-0.25, -0.2) is 0 Å². The van der Waals surface area contributed by atoms with Gasteiger partial charge in [0.1, 0.15) is 0 Å². The van der Waals surface area contributed by atoms with Crippen LogP contribution in [0.1, 0.15) is 26.5 Å². The molecule has 0 N–H and O–H groups in total. The van der Waals surface area contributed by atoms with Crippen molar-refractivity contribution in [2.45, 2.75) is 32.2 Å². The Kier molecular flexibility index (Phi) is 5.76. The number of hydrogen-bond acceptors (Lipinski definition) is 2. The van der Waals surface area contributed by atoms with E-state index in [1.54, 1.807) is 6.26 Å². The summed E-state index contributed by atoms with van der Waals surface area (Å²) in [5.41, 5.74) is 6.34. The number of nitrogens with zero attached hydrogens (tertiary/aromatic N) is 2. The van der Waals surface area contributed by atoms with Crippen LogP contribution in [0.4, 0.5) is 0 Å². The summed E-state index contributed by atoms with van der Waals surface area (Å²) in [5.74, 6) is 0.513. The van der Waals surface area contributed by atoms with Gasteiger partial charge in [0.2, 0.25) is 0 Å². The van der Waals surface area contributed by atoms with Gasteiger partial charge < -0.3 is 0 Å². The molecule has 0 amide bonds. The zero-order valence-corrected chi connectivity index (χ0v) is 17.2. The van der Waals surface area contributed by atoms with Crippen LogP contribution >= 0.6 is 0 Å². The highest BCUT2D eigenvalue weighted by Gasteiger charge is 2.12. The predicted molar refractivity (Wildman–Crippen MR) is 115 cm³/mol. The molecule has 3 nitrogen and oxygen atoms in total. The van der Waals surface area contributed by atoms with Gasteiger partial charge in [-0.3, -0.25) is 8.89 Å². The third-order valence-corrected chi connectivity index (χ3v) is 5.35. The second-order valence-electron chi connectivity index (χ2n) is 7.33. The highest BCUT2D eigenvalue weighted by molar-refractivity contribution is 7.84. The Morgan fingerprint density at radius 3 is 2.33 bits per heavy atom. The Morgan fingerprint density at radius 2 is 1.74 bits per heavy atom. The molecule has 1 atom stereocenters. The fourth-order valence-electron chi connectivity index (χ4n) is 3.03. The molecule has 2 aromatic carbocycles. The summed E-state index contributed by atoms with van der Waals surface area (Å²) in [6.07, 6.45) is 1.71. The second-order valence-corrected chi connectivity index (χ2v) is 8.71. The fraction of sp³-hybridized carbons (Fsp3) is 0.261. The van der Waals surface area contributed by atoms with E-state index in [0.717, 1.165) is 45.1 Å². The van der Waals surface area contributed by atoms with Gasteiger partial charge in [-0.1, -0.05) is 56.8 Å². The van der Waals surface area contributed by atoms with E-state index in [9.17, 15) is 4.21 Å². The largest absolute Gasteiger partial charge is 0.264 e. The molecule has 1 unspecified atom stereocenters. The Balaban J connectivity index is 1.97. The molecule has 4 heteroatoms. The van der Waals surface area contributed by atoms with Crippen molar-refractivity contribution >= 4 is 16.4 Å². The molecule has 3 rings (SSSR count). The monoisotopic (exact) mass is 378 g/mol. The third kappa shape index (κ3) is 4.45. The minimum absolute atomic E-state index is 0.513. The van der Waals surface area contributed by atoms with Crippen molar-refractivity contribution in [2.24, 2.45) is 5.92 Å². The smallest absolute Gasteiger partial charge is 0.0880 e. The molecule has 0 aliphatic heterocycles. The maximum absolute atomic E-state index is 11.7. The summed E-state index contributed by atoms with van der Waals surface area (Å²) < 4.78 is 13.8. The molecular weight excluding hydrogens is 352 g/mol. The van der Waals surface area contributed by atoms with Gasteiger partial charge in [-0.2, -0.15) is 5.10 Å². The van der Waals surface area contributed by atoms with E-state index in [2.05, 4.69) is 55.4 Å². The Hall–Kier alpha value is -2.46. The molecule has 0 spiro atoms. The summed E-state index contributed by atoms with van der Waals surface area (Å²) >= 11 is 0. The summed E-state index contributed by atoms with van der Waals surface area (Å²) in [7, 11) is -0.978. The first-order valence-electron chi connectivity index (χ1n) is 9.13. The molecule has 27 heavy (non-hydrogen) atoms. The molecule has 1 heterocycles. The molecule has 0 aliphatic rings. The van der Waals surface area contributed by atoms with E-state index in [4.69, 9.17) is 5.10 Å². The van der Waals surface area contributed by atoms with Crippen LogP contribution in [-0.4, -0.2) is 20.2 Å². The number of hydrogen-bond donors (Lipinski definition) is 0. The number of benzene rings is 2. The first kappa shape index (κ1) is 19.3. The summed E-state index contributed by atoms with van der Waals surface area (Å²) in [4.78, 5) is 0.845. The predicted octanol–water partition coefficient (Wildman–Crippen LogP) is 5.64. The Bertz CT molecular complexity index is 984. The van der Waals surface area contributed by atoms with E-state index in [0.29, 0.717) is 5.92 Å². The van der Waals surface area contributed by atoms with Gasteiger partial charge in [-0.05, 0) is 53.3 Å². The van der Waals surface area contributed by atoms with Crippen LogP contribution in [0.2, 0.25) is 0 Å². The SMILES string of the molecule is C=C(C)c1cc(-c2ccc(-c3cccc(S(C)=O)c3)cc2)n(CC(C)C)n1. The molecule has 140 valence electrons. The quantitative estimate of drug-likeness (QED) is 0.556. The zero-order chi connectivity index (χ0) is 19.6. The van der Waals surface area contributed by atoms with Crippen molar-refractivity contribution in [1.29, 1.82) is 0 Å². The normalized spacial score (nSPS) is 12.3. The van der Waals surface area contributed by atoms with Crippen molar-refractivity contribution in [3.05, 3.63) is 66.9 Å². The maximum atomic E-state index is 11.7. The third-order valence-electron chi connectivity index (χ3n) is 4.44. The van der Waals surface area contributed by atoms with Gasteiger partial charge in [0.25, 0.3) is 0 Å². The van der Waals surface area contributed by atoms with Crippen molar-refractivity contribution < 1.29 is 4.21 Å². The zero-order valence-electron chi connectivity index (χ0n) is 16.4. The minimum atomic E-state index is -0.978. The molecule has 0 radical (unpaired) electrons. The molecule has 0 saturated carbocycles. The topological polar surface area (TPSA) is 34.9 Å². The average Bonchev–Trinajstić information content (AvgIpc) is 3.05. The average molecular weight is 379 g/mol. The van der Waals surface area contributed by atoms with Crippen LogP contribution < -0.4 is 0 Å². The van der Waals surface area contributed by atoms with E-state index < -0.39 is 10.8 Å². The molecule has 0 fully saturated rings. The fourth-order valence-corrected chi connectivity index (χ4v) is 3.59. The van der Waals surface area contributed by atoms with Crippen molar-refractivity contribution in [1.82, 2.24) is 9.78 Å². The lowest BCUT2D eigenvalue weighted by molar-refractivity contribution is 0.486. The summed E-state index contributed by atoms with van der Waals surface area (Å²) in [6, 6.07) is 18.5. The van der Waals surface area contributed by atoms with Crippen LogP contribution in [0.3, 0.4) is 0 Å². The van der Waals surface area contributed by atoms with Crippen LogP contribution in [-0.2, 0) is 17.3 Å². The standard InChI is InChI=1S/C23H26N2OS/c1-16(2)15-25-23(14-22(24-25)17(3)4)19-11-9-18(10-12-19)20-7-6-8-21(13-20)27(5)26/h6-14,16H,3,15H2,1-2,4-5H3. The molecule has 0 saturated heterocycles. The van der Waals surface area contributed by atoms with Gasteiger partial charge in [0, 0.05) is 28.5 Å². The first-order valence-corrected chi connectivity index (χ1v) is 10.7. The lowest BCUT2D eigenvalue weighted by atomic mass is 10.0. The molecular formula is C23H26N2OS. The van der Waals surface area contributed by atoms with E-state index in [1.807, 2.05) is 31.2 Å². The molecule has 1 aromatic heterocycles. The summed E-state index contributed by atoms with van der Waals surface area (Å²) in [6.45, 7) is 11.3. The first-order chi connectivity index (χ1) is 12.8. The van der Waals surface area contributed by atoms with Crippen molar-refractivity contribution in [3.63, 3.8) is 0 Å². The van der Waals surface area contributed by atoms with Gasteiger partial charge in [-0.15, -0.1) is 0 Å². The number of rotatable bonds is 6. The maximum Gasteiger partial charge on any atom is 0.0880 e. The van der Waals surface area contributed by atoms with E-state index in [-0.39, 0.29) is 0 Å². The second kappa shape index (κ2) is 8.05. The van der Waals surface area contributed by atoms with E-state index >= 15 is 0 Å². The molecule has 0 bridgehead atoms. The molecule has 3 aromatic rings. The Labute approximate surface area is 164 Å². The number of aromatic nitrogens is 2. The van der Waals surface area contributed by atoms with Crippen LogP contribution in [0.5, 0.6) is 0 Å². The van der Waals surface area contributed by atoms with Gasteiger partial charge in [0.15, 0.2) is 0 Å². The molecule has 0 aliphatic carbocycles. The van der Waals surface area contributed by atoms with Crippen LogP contribution in [0, 0.1) is 5.92 Å². The summed E-state index contributed by atoms with van der Waals surface area (Å²) in [5, 5.41) is 4.72. The highest BCUT2D eigenvalue weighted by Crippen LogP contribution is 2.28. The lowest BCUT2D eigenvalue weighted by Gasteiger charge is -2.11. The van der Waals surface area contributed by atoms with Gasteiger partial charge >= 0.3 is 0 Å². The van der Waals surface area contributed by atoms with E-state index in [1.165, 1.54) is 0 Å². The lowest BCUT2D eigenvalue weighted by Crippen LogP contribution is -2.07. The van der Waals surface area contributed by atoms with Crippen molar-refractivity contribution in [3.8, 4) is 22.4 Å². The van der Waals surface area contributed by atoms with Crippen LogP contribution in [0.25, 0.3) is 28.0 Å². The minimum Gasteiger partial charge on any atom is -0.264 e. The highest BCUT2D eigenvalue weighted by atomic mass is 32.2. The van der Waals surface area contributed by atoms with Crippen molar-refractivity contribution in [2.75, 3.05) is 6.26 Å². The van der Waals surface area contributed by atoms with Gasteiger partial charge in [0.05, 0.1) is 11.4 Å². The Morgan fingerprint density at radius 1 is 1.07 bits per heavy atom. The van der Waals surface area contributed by atoms with Crippen LogP contribution in [0.15, 0.2) is 66.1 Å².